The lowest BCUT2D eigenvalue weighted by Gasteiger charge is -2.13. The molecule has 0 aliphatic carbocycles. The smallest absolute Gasteiger partial charge is 0.170 e. The highest BCUT2D eigenvalue weighted by Crippen LogP contribution is 2.24. The van der Waals surface area contributed by atoms with Gasteiger partial charge in [-0.3, -0.25) is 0 Å². The summed E-state index contributed by atoms with van der Waals surface area (Å²) in [7, 11) is 0. The van der Waals surface area contributed by atoms with Crippen LogP contribution >= 0.6 is 11.6 Å². The molecule has 2 N–H and O–H groups in total. The third-order valence-electron chi connectivity index (χ3n) is 1.88. The SMILES string of the molecule is N#Cc1ccc(Cl)cc1C(O)C(O)C#N. The van der Waals surface area contributed by atoms with E-state index in [4.69, 9.17) is 27.2 Å². The molecule has 0 bridgehead atoms. The summed E-state index contributed by atoms with van der Waals surface area (Å²) in [5, 5.41) is 36.2. The number of hydrogen-bond donors (Lipinski definition) is 2. The fraction of sp³-hybridized carbons (Fsp3) is 0.200. The average Bonchev–Trinajstić information content (AvgIpc) is 2.27. The van der Waals surface area contributed by atoms with Crippen LogP contribution in [-0.2, 0) is 0 Å². The zero-order valence-corrected chi connectivity index (χ0v) is 8.31. The van der Waals surface area contributed by atoms with E-state index in [1.165, 1.54) is 24.3 Å². The number of nitriles is 2. The van der Waals surface area contributed by atoms with Crippen LogP contribution in [-0.4, -0.2) is 16.3 Å². The highest BCUT2D eigenvalue weighted by molar-refractivity contribution is 6.30. The lowest BCUT2D eigenvalue weighted by Crippen LogP contribution is -2.16. The molecular weight excluding hydrogens is 216 g/mol. The van der Waals surface area contributed by atoms with E-state index < -0.39 is 12.2 Å². The van der Waals surface area contributed by atoms with Gasteiger partial charge in [0.25, 0.3) is 0 Å². The van der Waals surface area contributed by atoms with Gasteiger partial charge in [-0.15, -0.1) is 0 Å². The fourth-order valence-electron chi connectivity index (χ4n) is 1.12. The highest BCUT2D eigenvalue weighted by Gasteiger charge is 2.20. The van der Waals surface area contributed by atoms with E-state index in [0.717, 1.165) is 0 Å². The number of hydrogen-bond acceptors (Lipinski definition) is 4. The molecule has 0 aromatic heterocycles. The van der Waals surface area contributed by atoms with Crippen LogP contribution < -0.4 is 0 Å². The predicted molar refractivity (Wildman–Crippen MR) is 52.7 cm³/mol. The van der Waals surface area contributed by atoms with Gasteiger partial charge in [-0.05, 0) is 18.2 Å². The first-order chi connectivity index (χ1) is 7.10. The maximum atomic E-state index is 9.54. The van der Waals surface area contributed by atoms with Crippen LogP contribution in [0.4, 0.5) is 0 Å². The largest absolute Gasteiger partial charge is 0.384 e. The molecule has 0 aliphatic heterocycles. The van der Waals surface area contributed by atoms with Gasteiger partial charge in [-0.25, -0.2) is 0 Å². The normalized spacial score (nSPS) is 13.7. The van der Waals surface area contributed by atoms with E-state index in [1.54, 1.807) is 0 Å². The van der Waals surface area contributed by atoms with E-state index >= 15 is 0 Å². The molecule has 0 amide bonds. The second-order valence-corrected chi connectivity index (χ2v) is 3.30. The quantitative estimate of drug-likeness (QED) is 0.735. The molecule has 0 fully saturated rings. The molecule has 0 radical (unpaired) electrons. The molecule has 0 spiro atoms. The molecule has 0 saturated carbocycles. The Morgan fingerprint density at radius 1 is 1.27 bits per heavy atom. The number of rotatable bonds is 2. The van der Waals surface area contributed by atoms with Gasteiger partial charge in [0.1, 0.15) is 6.10 Å². The van der Waals surface area contributed by atoms with Crippen molar-refractivity contribution >= 4 is 11.6 Å². The minimum absolute atomic E-state index is 0.152. The zero-order chi connectivity index (χ0) is 11.4. The van der Waals surface area contributed by atoms with E-state index in [0.29, 0.717) is 5.02 Å². The van der Waals surface area contributed by atoms with Crippen LogP contribution in [0.25, 0.3) is 0 Å². The molecule has 2 atom stereocenters. The molecule has 0 saturated heterocycles. The lowest BCUT2D eigenvalue weighted by atomic mass is 10.00. The number of nitrogens with zero attached hydrogens (tertiary/aromatic N) is 2. The van der Waals surface area contributed by atoms with Gasteiger partial charge in [-0.1, -0.05) is 11.6 Å². The second-order valence-electron chi connectivity index (χ2n) is 2.86. The van der Waals surface area contributed by atoms with Crippen molar-refractivity contribution in [3.8, 4) is 12.1 Å². The molecule has 0 heterocycles. The summed E-state index contributed by atoms with van der Waals surface area (Å²) in [5.74, 6) is 0. The second kappa shape index (κ2) is 4.77. The number of aliphatic hydroxyl groups is 2. The molecule has 0 aliphatic rings. The monoisotopic (exact) mass is 222 g/mol. The Labute approximate surface area is 91.6 Å². The Bertz CT molecular complexity index is 448. The van der Waals surface area contributed by atoms with Crippen LogP contribution in [0.2, 0.25) is 5.02 Å². The number of benzene rings is 1. The summed E-state index contributed by atoms with van der Waals surface area (Å²) in [6.45, 7) is 0. The molecule has 5 heteroatoms. The Kier molecular flexibility index (Phi) is 3.65. The molecule has 4 nitrogen and oxygen atoms in total. The van der Waals surface area contributed by atoms with Crippen molar-refractivity contribution in [2.24, 2.45) is 0 Å². The molecule has 15 heavy (non-hydrogen) atoms. The molecule has 1 aromatic carbocycles. The molecule has 76 valence electrons. The van der Waals surface area contributed by atoms with Crippen molar-refractivity contribution in [1.82, 2.24) is 0 Å². The van der Waals surface area contributed by atoms with Gasteiger partial charge < -0.3 is 10.2 Å². The van der Waals surface area contributed by atoms with Gasteiger partial charge in [0.05, 0.1) is 17.7 Å². The molecular formula is C10H7ClN2O2. The van der Waals surface area contributed by atoms with E-state index in [-0.39, 0.29) is 11.1 Å². The van der Waals surface area contributed by atoms with Gasteiger partial charge in [0.15, 0.2) is 6.10 Å². The van der Waals surface area contributed by atoms with Gasteiger partial charge in [-0.2, -0.15) is 10.5 Å². The van der Waals surface area contributed by atoms with Crippen molar-refractivity contribution in [1.29, 1.82) is 10.5 Å². The van der Waals surface area contributed by atoms with Crippen LogP contribution in [0.5, 0.6) is 0 Å². The summed E-state index contributed by atoms with van der Waals surface area (Å²) in [6, 6.07) is 7.60. The highest BCUT2D eigenvalue weighted by atomic mass is 35.5. The molecule has 1 aromatic rings. The fourth-order valence-corrected chi connectivity index (χ4v) is 1.30. The molecule has 2 unspecified atom stereocenters. The third-order valence-corrected chi connectivity index (χ3v) is 2.12. The number of aliphatic hydroxyl groups excluding tert-OH is 2. The molecule has 1 rings (SSSR count). The first-order valence-electron chi connectivity index (χ1n) is 4.05. The Hall–Kier alpha value is -1.59. The summed E-state index contributed by atoms with van der Waals surface area (Å²) >= 11 is 5.68. The lowest BCUT2D eigenvalue weighted by molar-refractivity contribution is 0.0526. The maximum Gasteiger partial charge on any atom is 0.170 e. The van der Waals surface area contributed by atoms with Gasteiger partial charge >= 0.3 is 0 Å². The maximum absolute atomic E-state index is 9.54. The Morgan fingerprint density at radius 3 is 2.47 bits per heavy atom. The third kappa shape index (κ3) is 2.45. The van der Waals surface area contributed by atoms with Crippen molar-refractivity contribution < 1.29 is 10.2 Å². The van der Waals surface area contributed by atoms with Crippen molar-refractivity contribution in [3.05, 3.63) is 34.3 Å². The summed E-state index contributed by atoms with van der Waals surface area (Å²) in [6.07, 6.45) is -3.00. The van der Waals surface area contributed by atoms with Crippen molar-refractivity contribution in [2.75, 3.05) is 0 Å². The van der Waals surface area contributed by atoms with Crippen LogP contribution in [0, 0.1) is 22.7 Å². The summed E-state index contributed by atoms with van der Waals surface area (Å²) in [4.78, 5) is 0. The Morgan fingerprint density at radius 2 is 1.93 bits per heavy atom. The van der Waals surface area contributed by atoms with Crippen LogP contribution in [0.1, 0.15) is 17.2 Å². The topological polar surface area (TPSA) is 88.0 Å². The summed E-state index contributed by atoms with van der Waals surface area (Å²) in [5.41, 5.74) is 0.334. The Balaban J connectivity index is 3.19. The minimum Gasteiger partial charge on any atom is -0.384 e. The van der Waals surface area contributed by atoms with E-state index in [2.05, 4.69) is 0 Å². The van der Waals surface area contributed by atoms with Gasteiger partial charge in [0.2, 0.25) is 0 Å². The standard InChI is InChI=1S/C10H7ClN2O2/c11-7-2-1-6(4-12)8(3-7)10(15)9(14)5-13/h1-3,9-10,14-15H. The first-order valence-corrected chi connectivity index (χ1v) is 4.43. The van der Waals surface area contributed by atoms with Gasteiger partial charge in [0, 0.05) is 10.6 Å². The zero-order valence-electron chi connectivity index (χ0n) is 7.55. The van der Waals surface area contributed by atoms with Crippen LogP contribution in [0.3, 0.4) is 0 Å². The number of halogens is 1. The predicted octanol–water partition coefficient (Wildman–Crippen LogP) is 1.13. The summed E-state index contributed by atoms with van der Waals surface area (Å²) < 4.78 is 0. The van der Waals surface area contributed by atoms with Crippen molar-refractivity contribution in [2.45, 2.75) is 12.2 Å². The van der Waals surface area contributed by atoms with Crippen LogP contribution in [0.15, 0.2) is 18.2 Å². The van der Waals surface area contributed by atoms with E-state index in [9.17, 15) is 5.11 Å². The van der Waals surface area contributed by atoms with Crippen molar-refractivity contribution in [3.63, 3.8) is 0 Å². The van der Waals surface area contributed by atoms with E-state index in [1.807, 2.05) is 6.07 Å². The first kappa shape index (κ1) is 11.5. The average molecular weight is 223 g/mol. The minimum atomic E-state index is -1.57.